The number of sulfone groups is 1. The largest absolute Gasteiger partial charge is 1.00 e. The van der Waals surface area contributed by atoms with Gasteiger partial charge in [-0.2, -0.15) is 0 Å². The van der Waals surface area contributed by atoms with Gasteiger partial charge >= 0.3 is 24.8 Å². The van der Waals surface area contributed by atoms with Gasteiger partial charge in [0.15, 0.2) is 0 Å². The molecule has 0 atom stereocenters. The Labute approximate surface area is 219 Å². The van der Waals surface area contributed by atoms with Crippen molar-refractivity contribution in [3.8, 4) is 11.1 Å². The fourth-order valence-corrected chi connectivity index (χ4v) is 5.38. The number of carboxylic acids is 1. The second-order valence-electron chi connectivity index (χ2n) is 7.46. The molecule has 0 bridgehead atoms. The third-order valence-electron chi connectivity index (χ3n) is 5.37. The fraction of sp³-hybridized carbons (Fsp3) is 0.0800. The second kappa shape index (κ2) is 11.8. The molecule has 0 heterocycles. The zero-order valence-electron chi connectivity index (χ0n) is 18.9. The molecule has 0 aliphatic rings. The van der Waals surface area contributed by atoms with Crippen LogP contribution in [0.2, 0.25) is 5.02 Å². The van der Waals surface area contributed by atoms with E-state index in [9.17, 15) is 22.7 Å². The van der Waals surface area contributed by atoms with Crippen molar-refractivity contribution in [2.24, 2.45) is 0 Å². The van der Waals surface area contributed by atoms with E-state index in [2.05, 4.69) is 0 Å². The van der Waals surface area contributed by atoms with Crippen LogP contribution in [0, 0.1) is 12.7 Å². The number of carboxylic acid groups (broad SMARTS) is 1. The first-order valence-electron chi connectivity index (χ1n) is 9.71. The van der Waals surface area contributed by atoms with Crippen LogP contribution in [0.1, 0.15) is 11.1 Å². The van der Waals surface area contributed by atoms with Gasteiger partial charge in [0.25, 0.3) is 0 Å². The molecule has 35 heavy (non-hydrogen) atoms. The Hall–Kier alpha value is -2.70. The van der Waals surface area contributed by atoms with Gasteiger partial charge in [0.2, 0.25) is 9.84 Å². The number of hydrogen-bond donors (Lipinski definition) is 1. The summed E-state index contributed by atoms with van der Waals surface area (Å²) in [5.41, 5.74) is 2.65. The van der Waals surface area contributed by atoms with Crippen molar-refractivity contribution in [3.05, 3.63) is 94.8 Å². The third kappa shape index (κ3) is 6.11. The molecule has 0 unspecified atom stereocenters. The van der Waals surface area contributed by atoms with Crippen molar-refractivity contribution in [1.82, 2.24) is 0 Å². The van der Waals surface area contributed by atoms with Crippen LogP contribution in [0.25, 0.3) is 21.9 Å². The van der Waals surface area contributed by atoms with Gasteiger partial charge in [-0.3, -0.25) is 4.79 Å². The van der Waals surface area contributed by atoms with Gasteiger partial charge in [0.05, 0.1) is 16.2 Å². The number of halogens is 2. The van der Waals surface area contributed by atoms with Gasteiger partial charge in [-0.25, -0.2) is 12.8 Å². The first-order valence-corrected chi connectivity index (χ1v) is 11.6. The molecule has 4 aromatic rings. The summed E-state index contributed by atoms with van der Waals surface area (Å²) in [5.74, 6) is -1.38. The molecule has 4 aromatic carbocycles. The van der Waals surface area contributed by atoms with Gasteiger partial charge < -0.3 is 16.1 Å². The molecule has 0 radical (unpaired) electrons. The van der Waals surface area contributed by atoms with E-state index in [1.807, 2.05) is 0 Å². The monoisotopic (exact) mass is 510 g/mol. The Balaban J connectivity index is 0.00000204. The molecule has 0 saturated heterocycles. The average molecular weight is 511 g/mol. The minimum Gasteiger partial charge on any atom is -0.870 e. The van der Waals surface area contributed by atoms with Crippen molar-refractivity contribution >= 4 is 38.2 Å². The molecular formula is C25H21ClFLiO6S. The standard InChI is InChI=1S/C25H18ClFO4S.Li.2H2O/c1-15-18(12-24(28)29)11-17-5-8-20(27)14-23(17)25(15)16-6-9-21(10-7-16)32(30,31)22-4-2-3-19(26)13-22;;;/h2-11,13-14H,12H2,1H3,(H,28,29);;2*1H2/q;+1;;/p-1. The molecule has 6 nitrogen and oxygen atoms in total. The van der Waals surface area contributed by atoms with E-state index < -0.39 is 21.6 Å². The Morgan fingerprint density at radius 3 is 2.23 bits per heavy atom. The van der Waals surface area contributed by atoms with E-state index in [4.69, 9.17) is 11.6 Å². The molecule has 0 fully saturated rings. The quantitative estimate of drug-likeness (QED) is 0.410. The van der Waals surface area contributed by atoms with Gasteiger partial charge in [0.1, 0.15) is 5.82 Å². The van der Waals surface area contributed by atoms with Crippen molar-refractivity contribution < 1.29 is 52.5 Å². The molecule has 0 saturated carbocycles. The number of aliphatic carboxylic acids is 1. The van der Waals surface area contributed by atoms with Crippen molar-refractivity contribution in [1.29, 1.82) is 0 Å². The normalized spacial score (nSPS) is 10.6. The summed E-state index contributed by atoms with van der Waals surface area (Å²) in [6.45, 7) is 1.79. The number of fused-ring (bicyclic) bond motifs is 1. The van der Waals surface area contributed by atoms with E-state index in [-0.39, 0.29) is 46.0 Å². The zero-order valence-corrected chi connectivity index (χ0v) is 20.5. The van der Waals surface area contributed by atoms with Crippen LogP contribution in [0.4, 0.5) is 4.39 Å². The molecule has 0 amide bonds. The molecule has 0 aliphatic carbocycles. The second-order valence-corrected chi connectivity index (χ2v) is 9.84. The first kappa shape index (κ1) is 30.3. The van der Waals surface area contributed by atoms with E-state index in [0.29, 0.717) is 38.0 Å². The SMILES string of the molecule is Cc1c(CC(=O)O)cc2ccc(F)cc2c1-c1ccc(S(=O)(=O)c2cccc(Cl)c2)cc1.O.[Li+].[OH-]. The summed E-state index contributed by atoms with van der Waals surface area (Å²) < 4.78 is 40.0. The summed E-state index contributed by atoms with van der Waals surface area (Å²) >= 11 is 5.94. The van der Waals surface area contributed by atoms with Gasteiger partial charge in [0, 0.05) is 5.02 Å². The number of benzene rings is 4. The summed E-state index contributed by atoms with van der Waals surface area (Å²) in [7, 11) is -3.77. The Bertz CT molecular complexity index is 1470. The van der Waals surface area contributed by atoms with Gasteiger partial charge in [-0.05, 0) is 82.4 Å². The van der Waals surface area contributed by atoms with Crippen LogP contribution < -0.4 is 18.9 Å². The molecule has 10 heteroatoms. The van der Waals surface area contributed by atoms with Crippen LogP contribution in [-0.4, -0.2) is 30.4 Å². The molecule has 0 spiro atoms. The molecule has 4 rings (SSSR count). The molecule has 4 N–H and O–H groups in total. The maximum Gasteiger partial charge on any atom is 1.00 e. The number of carbonyl (C=O) groups is 1. The summed E-state index contributed by atoms with van der Waals surface area (Å²) in [5, 5.41) is 10.9. The van der Waals surface area contributed by atoms with Crippen molar-refractivity contribution in [3.63, 3.8) is 0 Å². The predicted molar refractivity (Wildman–Crippen MR) is 128 cm³/mol. The Kier molecular flexibility index (Phi) is 10.2. The topological polar surface area (TPSA) is 133 Å². The molecule has 0 aliphatic heterocycles. The minimum absolute atomic E-state index is 0. The van der Waals surface area contributed by atoms with Crippen LogP contribution in [0.5, 0.6) is 0 Å². The third-order valence-corrected chi connectivity index (χ3v) is 7.37. The fourth-order valence-electron chi connectivity index (χ4n) is 3.82. The smallest absolute Gasteiger partial charge is 0.870 e. The zero-order chi connectivity index (χ0) is 23.0. The Morgan fingerprint density at radius 2 is 1.63 bits per heavy atom. The van der Waals surface area contributed by atoms with Crippen LogP contribution >= 0.6 is 11.6 Å². The van der Waals surface area contributed by atoms with Gasteiger partial charge in [-0.1, -0.05) is 41.9 Å². The maximum atomic E-state index is 14.0. The molecule has 178 valence electrons. The number of hydrogen-bond acceptors (Lipinski definition) is 4. The molecule has 0 aromatic heterocycles. The first-order chi connectivity index (χ1) is 15.2. The Morgan fingerprint density at radius 1 is 0.971 bits per heavy atom. The van der Waals surface area contributed by atoms with Crippen LogP contribution in [-0.2, 0) is 21.1 Å². The molecular weight excluding hydrogens is 490 g/mol. The van der Waals surface area contributed by atoms with E-state index in [1.165, 1.54) is 36.4 Å². The summed E-state index contributed by atoms with van der Waals surface area (Å²) in [6.07, 6.45) is -0.173. The average Bonchev–Trinajstić information content (AvgIpc) is 2.74. The number of rotatable bonds is 5. The predicted octanol–water partition coefficient (Wildman–Crippen LogP) is 2.07. The summed E-state index contributed by atoms with van der Waals surface area (Å²) in [4.78, 5) is 11.5. The van der Waals surface area contributed by atoms with Crippen LogP contribution in [0.15, 0.2) is 82.6 Å². The minimum atomic E-state index is -3.77. The van der Waals surface area contributed by atoms with Gasteiger partial charge in [-0.15, -0.1) is 0 Å². The van der Waals surface area contributed by atoms with E-state index >= 15 is 0 Å². The van der Waals surface area contributed by atoms with Crippen LogP contribution in [0.3, 0.4) is 0 Å². The van der Waals surface area contributed by atoms with E-state index in [1.54, 1.807) is 43.3 Å². The summed E-state index contributed by atoms with van der Waals surface area (Å²) in [6, 6.07) is 18.4. The van der Waals surface area contributed by atoms with Crippen molar-refractivity contribution in [2.45, 2.75) is 23.1 Å². The maximum absolute atomic E-state index is 14.0. The van der Waals surface area contributed by atoms with E-state index in [0.717, 1.165) is 0 Å². The van der Waals surface area contributed by atoms with Crippen molar-refractivity contribution in [2.75, 3.05) is 0 Å².